The van der Waals surface area contributed by atoms with Gasteiger partial charge in [-0.2, -0.15) is 9.50 Å². The van der Waals surface area contributed by atoms with Crippen LogP contribution in [0.15, 0.2) is 70.6 Å². The van der Waals surface area contributed by atoms with E-state index in [0.717, 1.165) is 4.90 Å². The monoisotopic (exact) mass is 468 g/mol. The minimum Gasteiger partial charge on any atom is -0.308 e. The molecule has 2 aromatic heterocycles. The molecule has 10 heteroatoms. The summed E-state index contributed by atoms with van der Waals surface area (Å²) in [6.07, 6.45) is 1.62. The Bertz CT molecular complexity index is 1320. The van der Waals surface area contributed by atoms with Crippen molar-refractivity contribution in [3.8, 4) is 0 Å². The first-order chi connectivity index (χ1) is 15.4. The zero-order valence-electron chi connectivity index (χ0n) is 17.4. The zero-order chi connectivity index (χ0) is 22.7. The van der Waals surface area contributed by atoms with Crippen LogP contribution in [0.2, 0.25) is 5.02 Å². The number of fused-ring (bicyclic) bond motifs is 1. The number of carbonyl (C=O) groups is 1. The van der Waals surface area contributed by atoms with Crippen molar-refractivity contribution in [3.05, 3.63) is 82.0 Å². The third kappa shape index (κ3) is 5.12. The molecule has 2 heterocycles. The van der Waals surface area contributed by atoms with Crippen LogP contribution in [0.3, 0.4) is 0 Å². The third-order valence-electron chi connectivity index (χ3n) is 4.56. The number of hydrogen-bond acceptors (Lipinski definition) is 5. The van der Waals surface area contributed by atoms with Crippen LogP contribution < -0.4 is 16.2 Å². The Morgan fingerprint density at radius 3 is 2.56 bits per heavy atom. The number of anilines is 2. The molecule has 0 spiro atoms. The van der Waals surface area contributed by atoms with E-state index in [1.54, 1.807) is 47.0 Å². The molecule has 0 aliphatic rings. The Labute approximate surface area is 193 Å². The molecule has 0 bridgehead atoms. The molecular weight excluding hydrogens is 448 g/mol. The topological polar surface area (TPSA) is 93.3 Å². The number of aromatic nitrogens is 4. The Balaban J connectivity index is 1.37. The lowest BCUT2D eigenvalue weighted by Crippen LogP contribution is -2.22. The Morgan fingerprint density at radius 2 is 1.84 bits per heavy atom. The van der Waals surface area contributed by atoms with E-state index in [1.165, 1.54) is 10.6 Å². The molecule has 0 saturated heterocycles. The number of carbonyl (C=O) groups excluding carboxylic acids is 1. The molecule has 8 nitrogen and oxygen atoms in total. The van der Waals surface area contributed by atoms with E-state index in [4.69, 9.17) is 11.6 Å². The van der Waals surface area contributed by atoms with E-state index in [-0.39, 0.29) is 17.6 Å². The average Bonchev–Trinajstić information content (AvgIpc) is 3.18. The van der Waals surface area contributed by atoms with Gasteiger partial charge in [0, 0.05) is 39.2 Å². The van der Waals surface area contributed by atoms with Gasteiger partial charge in [-0.05, 0) is 56.3 Å². The van der Waals surface area contributed by atoms with Crippen LogP contribution >= 0.6 is 23.4 Å². The van der Waals surface area contributed by atoms with Gasteiger partial charge in [0.25, 0.3) is 11.3 Å². The average molecular weight is 469 g/mol. The van der Waals surface area contributed by atoms with Crippen molar-refractivity contribution in [2.24, 2.45) is 0 Å². The highest BCUT2D eigenvalue weighted by atomic mass is 35.5. The molecule has 2 aromatic carbocycles. The molecule has 2 amide bonds. The predicted octanol–water partition coefficient (Wildman–Crippen LogP) is 5.06. The summed E-state index contributed by atoms with van der Waals surface area (Å²) in [7, 11) is 0. The van der Waals surface area contributed by atoms with Crippen LogP contribution in [0, 0.1) is 0 Å². The summed E-state index contributed by atoms with van der Waals surface area (Å²) >= 11 is 7.48. The third-order valence-corrected chi connectivity index (χ3v) is 5.85. The number of rotatable bonds is 6. The van der Waals surface area contributed by atoms with Gasteiger partial charge >= 0.3 is 6.03 Å². The second-order valence-electron chi connectivity index (χ2n) is 7.32. The van der Waals surface area contributed by atoms with E-state index in [2.05, 4.69) is 20.6 Å². The number of amides is 2. The summed E-state index contributed by atoms with van der Waals surface area (Å²) < 4.78 is 3.24. The molecule has 0 radical (unpaired) electrons. The molecule has 2 N–H and O–H groups in total. The van der Waals surface area contributed by atoms with Crippen LogP contribution in [0.25, 0.3) is 5.78 Å². The fourth-order valence-electron chi connectivity index (χ4n) is 3.06. The minimum atomic E-state index is -0.355. The first-order valence-electron chi connectivity index (χ1n) is 9.91. The Hall–Kier alpha value is -3.30. The maximum Gasteiger partial charge on any atom is 0.323 e. The normalized spacial score (nSPS) is 11.1. The number of hydrogen-bond donors (Lipinski definition) is 2. The lowest BCUT2D eigenvalue weighted by molar-refractivity contribution is 0.262. The van der Waals surface area contributed by atoms with E-state index in [0.29, 0.717) is 33.6 Å². The summed E-state index contributed by atoms with van der Waals surface area (Å²) in [6, 6.07) is 15.7. The minimum absolute atomic E-state index is 0.111. The second-order valence-corrected chi connectivity index (χ2v) is 8.80. The van der Waals surface area contributed by atoms with Gasteiger partial charge in [-0.3, -0.25) is 9.48 Å². The smallest absolute Gasteiger partial charge is 0.308 e. The quantitative estimate of drug-likeness (QED) is 0.386. The number of thioether (sulfide) groups is 1. The summed E-state index contributed by atoms with van der Waals surface area (Å²) in [5.41, 5.74) is 1.78. The summed E-state index contributed by atoms with van der Waals surface area (Å²) in [5, 5.41) is 6.06. The van der Waals surface area contributed by atoms with Gasteiger partial charge in [0.15, 0.2) is 0 Å². The van der Waals surface area contributed by atoms with Crippen molar-refractivity contribution in [2.75, 3.05) is 10.6 Å². The van der Waals surface area contributed by atoms with E-state index in [1.807, 2.05) is 38.1 Å². The molecule has 0 fully saturated rings. The van der Waals surface area contributed by atoms with Gasteiger partial charge in [0.05, 0.1) is 5.69 Å². The fraction of sp³-hybridized carbons (Fsp3) is 0.182. The van der Waals surface area contributed by atoms with Gasteiger partial charge < -0.3 is 10.6 Å². The summed E-state index contributed by atoms with van der Waals surface area (Å²) in [6.45, 7) is 3.97. The maximum atomic E-state index is 12.5. The molecule has 4 aromatic rings. The van der Waals surface area contributed by atoms with Gasteiger partial charge in [0.2, 0.25) is 0 Å². The van der Waals surface area contributed by atoms with Gasteiger partial charge in [-0.1, -0.05) is 17.7 Å². The van der Waals surface area contributed by atoms with E-state index in [9.17, 15) is 9.59 Å². The first kappa shape index (κ1) is 21.9. The van der Waals surface area contributed by atoms with Gasteiger partial charge in [0.1, 0.15) is 6.33 Å². The molecule has 0 unspecified atom stereocenters. The van der Waals surface area contributed by atoms with Crippen molar-refractivity contribution in [1.82, 2.24) is 19.2 Å². The lowest BCUT2D eigenvalue weighted by atomic mass is 10.3. The summed E-state index contributed by atoms with van der Waals surface area (Å²) in [5.74, 6) is 0.925. The standard InChI is InChI=1S/C22H21ClN6O2S/c1-14(2)28-13-24-21-25-18(11-20(30)29(21)28)12-32-19-8-6-16(7-9-19)26-22(31)27-17-5-3-4-15(23)10-17/h3-11,13-14H,12H2,1-2H3,(H2,26,27,31). The molecule has 0 aliphatic carbocycles. The van der Waals surface area contributed by atoms with Crippen molar-refractivity contribution < 1.29 is 4.79 Å². The zero-order valence-corrected chi connectivity index (χ0v) is 19.0. The second kappa shape index (κ2) is 9.46. The Morgan fingerprint density at radius 1 is 1.09 bits per heavy atom. The Kier molecular flexibility index (Phi) is 6.48. The van der Waals surface area contributed by atoms with Crippen LogP contribution in [0.1, 0.15) is 25.6 Å². The van der Waals surface area contributed by atoms with Crippen LogP contribution in [-0.4, -0.2) is 25.2 Å². The van der Waals surface area contributed by atoms with E-state index >= 15 is 0 Å². The lowest BCUT2D eigenvalue weighted by Gasteiger charge is -2.09. The van der Waals surface area contributed by atoms with E-state index < -0.39 is 0 Å². The number of benzene rings is 2. The molecule has 0 aliphatic heterocycles. The largest absolute Gasteiger partial charge is 0.323 e. The van der Waals surface area contributed by atoms with Crippen molar-refractivity contribution in [1.29, 1.82) is 0 Å². The molecular formula is C22H21ClN6O2S. The highest BCUT2D eigenvalue weighted by Gasteiger charge is 2.10. The van der Waals surface area contributed by atoms with Crippen LogP contribution in [0.4, 0.5) is 16.2 Å². The van der Waals surface area contributed by atoms with Crippen LogP contribution in [-0.2, 0) is 5.75 Å². The number of nitrogens with one attached hydrogen (secondary N) is 2. The number of urea groups is 1. The maximum absolute atomic E-state index is 12.5. The van der Waals surface area contributed by atoms with Gasteiger partial charge in [-0.25, -0.2) is 9.78 Å². The molecule has 0 atom stereocenters. The molecule has 164 valence electrons. The molecule has 4 rings (SSSR count). The van der Waals surface area contributed by atoms with Crippen LogP contribution in [0.5, 0.6) is 0 Å². The number of nitrogens with zero attached hydrogens (tertiary/aromatic N) is 4. The summed E-state index contributed by atoms with van der Waals surface area (Å²) in [4.78, 5) is 34.4. The SMILES string of the molecule is CC(C)n1cnc2nc(CSc3ccc(NC(=O)Nc4cccc(Cl)c4)cc3)cc(=O)n21. The first-order valence-corrected chi connectivity index (χ1v) is 11.3. The molecule has 32 heavy (non-hydrogen) atoms. The van der Waals surface area contributed by atoms with Crippen molar-refractivity contribution in [2.45, 2.75) is 30.5 Å². The number of halogens is 1. The van der Waals surface area contributed by atoms with Crippen molar-refractivity contribution >= 4 is 46.5 Å². The highest BCUT2D eigenvalue weighted by molar-refractivity contribution is 7.98. The fourth-order valence-corrected chi connectivity index (χ4v) is 4.04. The molecule has 0 saturated carbocycles. The van der Waals surface area contributed by atoms with Crippen molar-refractivity contribution in [3.63, 3.8) is 0 Å². The highest BCUT2D eigenvalue weighted by Crippen LogP contribution is 2.24. The van der Waals surface area contributed by atoms with Gasteiger partial charge in [-0.15, -0.1) is 11.8 Å². The predicted molar refractivity (Wildman–Crippen MR) is 128 cm³/mol.